The van der Waals surface area contributed by atoms with Gasteiger partial charge in [0.25, 0.3) is 5.91 Å². The van der Waals surface area contributed by atoms with E-state index >= 15 is 0 Å². The Morgan fingerprint density at radius 3 is 2.43 bits per heavy atom. The summed E-state index contributed by atoms with van der Waals surface area (Å²) in [6.45, 7) is -0.996. The maximum absolute atomic E-state index is 12.4. The number of esters is 1. The van der Waals surface area contributed by atoms with Crippen molar-refractivity contribution < 1.29 is 23.9 Å². The van der Waals surface area contributed by atoms with Crippen molar-refractivity contribution in [3.05, 3.63) is 16.0 Å². The van der Waals surface area contributed by atoms with Crippen LogP contribution < -0.4 is 5.32 Å². The summed E-state index contributed by atoms with van der Waals surface area (Å²) >= 11 is 1.39. The Hall–Kier alpha value is -2.73. The van der Waals surface area contributed by atoms with Crippen LogP contribution >= 0.6 is 11.3 Å². The zero-order chi connectivity index (χ0) is 21.3. The van der Waals surface area contributed by atoms with Crippen molar-refractivity contribution in [2.24, 2.45) is 11.8 Å². The third-order valence-corrected chi connectivity index (χ3v) is 7.33. The fourth-order valence-electron chi connectivity index (χ4n) is 4.64. The van der Waals surface area contributed by atoms with E-state index in [-0.39, 0.29) is 23.7 Å². The highest BCUT2D eigenvalue weighted by molar-refractivity contribution is 7.16. The second-order valence-corrected chi connectivity index (χ2v) is 9.10. The van der Waals surface area contributed by atoms with E-state index in [1.54, 1.807) is 0 Å². The molecule has 3 aliphatic rings. The van der Waals surface area contributed by atoms with Gasteiger partial charge in [-0.25, -0.2) is 0 Å². The predicted molar refractivity (Wildman–Crippen MR) is 107 cm³/mol. The molecule has 1 N–H and O–H groups in total. The third kappa shape index (κ3) is 3.84. The predicted octanol–water partition coefficient (Wildman–Crippen LogP) is 2.16. The van der Waals surface area contributed by atoms with Crippen LogP contribution in [0.3, 0.4) is 0 Å². The van der Waals surface area contributed by atoms with Gasteiger partial charge >= 0.3 is 5.97 Å². The van der Waals surface area contributed by atoms with Crippen LogP contribution in [0.5, 0.6) is 0 Å². The second kappa shape index (κ2) is 8.56. The van der Waals surface area contributed by atoms with E-state index in [0.717, 1.165) is 53.9 Å². The molecular formula is C21H23N3O5S. The van der Waals surface area contributed by atoms with E-state index in [9.17, 15) is 24.4 Å². The van der Waals surface area contributed by atoms with Gasteiger partial charge in [0.1, 0.15) is 17.6 Å². The average molecular weight is 429 g/mol. The lowest BCUT2D eigenvalue weighted by Crippen LogP contribution is -2.37. The number of imide groups is 1. The van der Waals surface area contributed by atoms with Crippen LogP contribution in [0.25, 0.3) is 0 Å². The number of nitriles is 1. The molecular weight excluding hydrogens is 406 g/mol. The highest BCUT2D eigenvalue weighted by Crippen LogP contribution is 2.38. The molecule has 0 radical (unpaired) electrons. The lowest BCUT2D eigenvalue weighted by Gasteiger charge is -2.19. The molecule has 0 unspecified atom stereocenters. The van der Waals surface area contributed by atoms with Gasteiger partial charge < -0.3 is 10.1 Å². The number of ether oxygens (including phenoxy) is 1. The number of carbonyl (C=O) groups is 4. The van der Waals surface area contributed by atoms with Crippen molar-refractivity contribution >= 4 is 40.0 Å². The Bertz CT molecular complexity index is 923. The molecule has 30 heavy (non-hydrogen) atoms. The zero-order valence-corrected chi connectivity index (χ0v) is 17.4. The molecule has 3 amide bonds. The van der Waals surface area contributed by atoms with Crippen LogP contribution in [-0.4, -0.2) is 41.7 Å². The molecule has 2 fully saturated rings. The quantitative estimate of drug-likeness (QED) is 0.566. The number of nitrogens with zero attached hydrogens (tertiary/aromatic N) is 2. The Morgan fingerprint density at radius 2 is 1.77 bits per heavy atom. The first-order valence-corrected chi connectivity index (χ1v) is 11.2. The first-order chi connectivity index (χ1) is 14.5. The van der Waals surface area contributed by atoms with Crippen molar-refractivity contribution in [3.8, 4) is 6.07 Å². The van der Waals surface area contributed by atoms with Crippen LogP contribution in [0.2, 0.25) is 0 Å². The highest BCUT2D eigenvalue weighted by atomic mass is 32.1. The van der Waals surface area contributed by atoms with E-state index in [4.69, 9.17) is 4.74 Å². The van der Waals surface area contributed by atoms with E-state index in [2.05, 4.69) is 11.4 Å². The van der Waals surface area contributed by atoms with Gasteiger partial charge in [-0.1, -0.05) is 12.8 Å². The fourth-order valence-corrected chi connectivity index (χ4v) is 5.90. The molecule has 8 nitrogen and oxygen atoms in total. The molecule has 158 valence electrons. The highest BCUT2D eigenvalue weighted by Gasteiger charge is 2.48. The zero-order valence-electron chi connectivity index (χ0n) is 16.6. The van der Waals surface area contributed by atoms with Gasteiger partial charge in [0.2, 0.25) is 11.8 Å². The number of anilines is 1. The average Bonchev–Trinajstić information content (AvgIpc) is 3.22. The Morgan fingerprint density at radius 1 is 1.10 bits per heavy atom. The van der Waals surface area contributed by atoms with E-state index in [0.29, 0.717) is 23.4 Å². The molecule has 1 saturated carbocycles. The molecule has 0 bridgehead atoms. The lowest BCUT2D eigenvalue weighted by molar-refractivity contribution is -0.154. The number of amides is 3. The molecule has 0 spiro atoms. The normalized spacial score (nSPS) is 22.8. The number of hydrogen-bond donors (Lipinski definition) is 1. The van der Waals surface area contributed by atoms with Crippen molar-refractivity contribution in [1.82, 2.24) is 4.90 Å². The van der Waals surface area contributed by atoms with E-state index in [1.807, 2.05) is 0 Å². The van der Waals surface area contributed by atoms with E-state index < -0.39 is 25.0 Å². The number of thiophene rings is 1. The van der Waals surface area contributed by atoms with Crippen LogP contribution in [-0.2, 0) is 36.8 Å². The summed E-state index contributed by atoms with van der Waals surface area (Å²) in [6.07, 6.45) is 7.01. The minimum atomic E-state index is -0.795. The summed E-state index contributed by atoms with van der Waals surface area (Å²) in [5, 5.41) is 12.6. The molecule has 2 heterocycles. The van der Waals surface area contributed by atoms with Crippen molar-refractivity contribution in [1.29, 1.82) is 5.26 Å². The maximum atomic E-state index is 12.4. The number of aryl methyl sites for hydroxylation is 1. The van der Waals surface area contributed by atoms with Gasteiger partial charge in [0, 0.05) is 4.88 Å². The van der Waals surface area contributed by atoms with Crippen LogP contribution in [0.15, 0.2) is 0 Å². The number of carbonyl (C=O) groups excluding carboxylic acids is 4. The summed E-state index contributed by atoms with van der Waals surface area (Å²) < 4.78 is 4.99. The van der Waals surface area contributed by atoms with Gasteiger partial charge in [0.15, 0.2) is 6.61 Å². The van der Waals surface area contributed by atoms with Crippen molar-refractivity contribution in [2.45, 2.75) is 51.4 Å². The lowest BCUT2D eigenvalue weighted by atomic mass is 9.81. The van der Waals surface area contributed by atoms with Crippen LogP contribution in [0.4, 0.5) is 5.00 Å². The molecule has 2 atom stereocenters. The molecule has 4 rings (SSSR count). The summed E-state index contributed by atoms with van der Waals surface area (Å²) in [5.41, 5.74) is 1.50. The van der Waals surface area contributed by atoms with Gasteiger partial charge in [-0.15, -0.1) is 11.3 Å². The molecule has 0 aromatic carbocycles. The minimum absolute atomic E-state index is 0.311. The smallest absolute Gasteiger partial charge is 0.326 e. The fraction of sp³-hybridized carbons (Fsp3) is 0.571. The Labute approximate surface area is 178 Å². The van der Waals surface area contributed by atoms with Crippen LogP contribution in [0, 0.1) is 23.2 Å². The summed E-state index contributed by atoms with van der Waals surface area (Å²) in [6, 6.07) is 2.16. The number of hydrogen-bond acceptors (Lipinski definition) is 7. The monoisotopic (exact) mass is 429 g/mol. The van der Waals surface area contributed by atoms with Crippen LogP contribution in [0.1, 0.15) is 54.5 Å². The molecule has 1 aromatic heterocycles. The Kier molecular flexibility index (Phi) is 5.86. The standard InChI is InChI=1S/C21H23N3O5S/c22-9-15-12-5-3-4-8-16(12)30-19(15)23-17(25)11-29-18(26)10-24-20(27)13-6-1-2-7-14(13)21(24)28/h13-14H,1-8,10-11H2,(H,23,25)/t13-,14+. The number of nitrogens with one attached hydrogen (secondary N) is 1. The first-order valence-electron chi connectivity index (χ1n) is 10.3. The minimum Gasteiger partial charge on any atom is -0.454 e. The largest absolute Gasteiger partial charge is 0.454 e. The SMILES string of the molecule is N#Cc1c(NC(=O)COC(=O)CN2C(=O)[C@H]3CCCC[C@H]3C2=O)sc2c1CCCC2. The number of likely N-dealkylation sites (tertiary alicyclic amines) is 1. The summed E-state index contributed by atoms with van der Waals surface area (Å²) in [5.74, 6) is -2.61. The number of fused-ring (bicyclic) bond motifs is 2. The van der Waals surface area contributed by atoms with Gasteiger partial charge in [0.05, 0.1) is 17.4 Å². The first kappa shape index (κ1) is 20.5. The molecule has 9 heteroatoms. The topological polar surface area (TPSA) is 117 Å². The molecule has 1 aliphatic heterocycles. The summed E-state index contributed by atoms with van der Waals surface area (Å²) in [7, 11) is 0. The molecule has 2 aliphatic carbocycles. The van der Waals surface area contributed by atoms with Gasteiger partial charge in [-0.3, -0.25) is 24.1 Å². The van der Waals surface area contributed by atoms with Gasteiger partial charge in [-0.05, 0) is 44.1 Å². The third-order valence-electron chi connectivity index (χ3n) is 6.12. The van der Waals surface area contributed by atoms with E-state index in [1.165, 1.54) is 11.3 Å². The van der Waals surface area contributed by atoms with Gasteiger partial charge in [-0.2, -0.15) is 5.26 Å². The maximum Gasteiger partial charge on any atom is 0.326 e. The Balaban J connectivity index is 1.31. The van der Waals surface area contributed by atoms with Crippen molar-refractivity contribution in [3.63, 3.8) is 0 Å². The molecule has 1 aromatic rings. The summed E-state index contributed by atoms with van der Waals surface area (Å²) in [4.78, 5) is 51.3. The number of rotatable bonds is 5. The van der Waals surface area contributed by atoms with Crippen molar-refractivity contribution in [2.75, 3.05) is 18.5 Å². The second-order valence-electron chi connectivity index (χ2n) is 8.00. The molecule has 1 saturated heterocycles.